The van der Waals surface area contributed by atoms with E-state index in [1.54, 1.807) is 37.3 Å². The van der Waals surface area contributed by atoms with Crippen molar-refractivity contribution in [3.05, 3.63) is 45.9 Å². The van der Waals surface area contributed by atoms with E-state index in [0.29, 0.717) is 33.5 Å². The van der Waals surface area contributed by atoms with Crippen molar-refractivity contribution in [3.63, 3.8) is 0 Å². The van der Waals surface area contributed by atoms with Gasteiger partial charge in [0.25, 0.3) is 5.91 Å². The highest BCUT2D eigenvalue weighted by Crippen LogP contribution is 2.37. The van der Waals surface area contributed by atoms with E-state index in [0.717, 1.165) is 0 Å². The topological polar surface area (TPSA) is 73.9 Å². The van der Waals surface area contributed by atoms with Crippen molar-refractivity contribution >= 4 is 40.6 Å². The van der Waals surface area contributed by atoms with Crippen LogP contribution in [0.4, 0.5) is 5.69 Å². The maximum absolute atomic E-state index is 12.5. The Labute approximate surface area is 159 Å². The third-order valence-corrected chi connectivity index (χ3v) is 4.54. The van der Waals surface area contributed by atoms with Gasteiger partial charge >= 0.3 is 0 Å². The Morgan fingerprint density at radius 2 is 1.88 bits per heavy atom. The van der Waals surface area contributed by atoms with Crippen molar-refractivity contribution in [1.82, 2.24) is 0 Å². The maximum atomic E-state index is 12.5. The van der Waals surface area contributed by atoms with E-state index in [4.69, 9.17) is 37.4 Å². The standard InChI is InChI=1S/C18H15Cl2NO5/c1-9(22)11-6-15-16(25-8-24-15)7-13(11)21-18(23)10(2)26-14-5-3-4-12(19)17(14)20/h3-7,10H,8H2,1-2H3,(H,21,23). The molecule has 1 amide bonds. The Kier molecular flexibility index (Phi) is 5.25. The molecule has 0 saturated heterocycles. The normalized spacial score (nSPS) is 13.2. The highest BCUT2D eigenvalue weighted by Gasteiger charge is 2.23. The largest absolute Gasteiger partial charge is 0.479 e. The molecule has 6 nitrogen and oxygen atoms in total. The zero-order valence-corrected chi connectivity index (χ0v) is 15.5. The smallest absolute Gasteiger partial charge is 0.265 e. The van der Waals surface area contributed by atoms with Crippen LogP contribution in [0.15, 0.2) is 30.3 Å². The van der Waals surface area contributed by atoms with E-state index in [9.17, 15) is 9.59 Å². The van der Waals surface area contributed by atoms with Gasteiger partial charge in [0, 0.05) is 11.6 Å². The summed E-state index contributed by atoms with van der Waals surface area (Å²) in [6.45, 7) is 3.03. The number of anilines is 1. The van der Waals surface area contributed by atoms with Crippen molar-refractivity contribution in [2.24, 2.45) is 0 Å². The predicted octanol–water partition coefficient (Wildman–Crippen LogP) is 4.33. The average Bonchev–Trinajstić information content (AvgIpc) is 3.05. The molecule has 1 N–H and O–H groups in total. The fourth-order valence-electron chi connectivity index (χ4n) is 2.39. The Bertz CT molecular complexity index is 884. The van der Waals surface area contributed by atoms with Crippen LogP contribution in [0, 0.1) is 0 Å². The molecule has 0 aromatic heterocycles. The lowest BCUT2D eigenvalue weighted by Gasteiger charge is -2.17. The first-order chi connectivity index (χ1) is 12.4. The highest BCUT2D eigenvalue weighted by molar-refractivity contribution is 6.42. The number of hydrogen-bond acceptors (Lipinski definition) is 5. The molecule has 2 aromatic rings. The van der Waals surface area contributed by atoms with Crippen LogP contribution in [-0.4, -0.2) is 24.6 Å². The molecule has 0 aliphatic carbocycles. The fourth-order valence-corrected chi connectivity index (χ4v) is 2.73. The summed E-state index contributed by atoms with van der Waals surface area (Å²) >= 11 is 12.0. The van der Waals surface area contributed by atoms with E-state index in [1.165, 1.54) is 6.92 Å². The third kappa shape index (κ3) is 3.71. The van der Waals surface area contributed by atoms with E-state index in [-0.39, 0.29) is 17.6 Å². The van der Waals surface area contributed by atoms with E-state index in [2.05, 4.69) is 5.32 Å². The monoisotopic (exact) mass is 395 g/mol. The van der Waals surface area contributed by atoms with Gasteiger partial charge in [-0.2, -0.15) is 0 Å². The summed E-state index contributed by atoms with van der Waals surface area (Å²) in [6.07, 6.45) is -0.879. The summed E-state index contributed by atoms with van der Waals surface area (Å²) in [5.74, 6) is 0.534. The van der Waals surface area contributed by atoms with Crippen LogP contribution >= 0.6 is 23.2 Å². The van der Waals surface area contributed by atoms with Gasteiger partial charge in [-0.3, -0.25) is 9.59 Å². The lowest BCUT2D eigenvalue weighted by molar-refractivity contribution is -0.122. The third-order valence-electron chi connectivity index (χ3n) is 3.74. The first-order valence-corrected chi connectivity index (χ1v) is 8.48. The van der Waals surface area contributed by atoms with Gasteiger partial charge in [0.2, 0.25) is 6.79 Å². The van der Waals surface area contributed by atoms with Gasteiger partial charge in [-0.1, -0.05) is 29.3 Å². The lowest BCUT2D eigenvalue weighted by atomic mass is 10.1. The molecule has 0 spiro atoms. The van der Waals surface area contributed by atoms with Crippen LogP contribution in [0.3, 0.4) is 0 Å². The van der Waals surface area contributed by atoms with Crippen LogP contribution < -0.4 is 19.5 Å². The Morgan fingerprint density at radius 1 is 1.19 bits per heavy atom. The lowest BCUT2D eigenvalue weighted by Crippen LogP contribution is -2.30. The molecule has 0 fully saturated rings. The molecule has 0 bridgehead atoms. The SMILES string of the molecule is CC(=O)c1cc2c(cc1NC(=O)C(C)Oc1cccc(Cl)c1Cl)OCO2. The molecule has 2 aromatic carbocycles. The second kappa shape index (κ2) is 7.43. The minimum absolute atomic E-state index is 0.0663. The van der Waals surface area contributed by atoms with E-state index < -0.39 is 12.0 Å². The fraction of sp³-hybridized carbons (Fsp3) is 0.222. The zero-order valence-electron chi connectivity index (χ0n) is 14.0. The molecule has 26 heavy (non-hydrogen) atoms. The second-order valence-electron chi connectivity index (χ2n) is 5.61. The minimum atomic E-state index is -0.879. The Hall–Kier alpha value is -2.44. The van der Waals surface area contributed by atoms with Gasteiger partial charge in [0.05, 0.1) is 10.7 Å². The molecule has 1 unspecified atom stereocenters. The van der Waals surface area contributed by atoms with Crippen LogP contribution in [0.25, 0.3) is 0 Å². The first kappa shape index (κ1) is 18.4. The molecule has 1 heterocycles. The van der Waals surface area contributed by atoms with Crippen LogP contribution in [0.1, 0.15) is 24.2 Å². The van der Waals surface area contributed by atoms with E-state index in [1.807, 2.05) is 0 Å². The number of hydrogen-bond donors (Lipinski definition) is 1. The summed E-state index contributed by atoms with van der Waals surface area (Å²) in [7, 11) is 0. The highest BCUT2D eigenvalue weighted by atomic mass is 35.5. The van der Waals surface area contributed by atoms with Gasteiger partial charge in [-0.05, 0) is 32.0 Å². The molecule has 8 heteroatoms. The number of halogens is 2. The van der Waals surface area contributed by atoms with Crippen molar-refractivity contribution < 1.29 is 23.8 Å². The molecule has 1 aliphatic rings. The van der Waals surface area contributed by atoms with Crippen molar-refractivity contribution in [1.29, 1.82) is 0 Å². The number of Topliss-reactive ketones (excluding diaryl/α,β-unsaturated/α-hetero) is 1. The summed E-state index contributed by atoms with van der Waals surface area (Å²) in [4.78, 5) is 24.4. The summed E-state index contributed by atoms with van der Waals surface area (Å²) in [5.41, 5.74) is 0.634. The molecule has 1 atom stereocenters. The minimum Gasteiger partial charge on any atom is -0.479 e. The van der Waals surface area contributed by atoms with Crippen LogP contribution in [0.2, 0.25) is 10.0 Å². The summed E-state index contributed by atoms with van der Waals surface area (Å²) in [5, 5.41) is 3.23. The van der Waals surface area contributed by atoms with Gasteiger partial charge in [-0.25, -0.2) is 0 Å². The van der Waals surface area contributed by atoms with Crippen molar-refractivity contribution in [3.8, 4) is 17.2 Å². The molecular formula is C18H15Cl2NO5. The van der Waals surface area contributed by atoms with E-state index >= 15 is 0 Å². The number of rotatable bonds is 5. The van der Waals surface area contributed by atoms with Gasteiger partial charge in [0.1, 0.15) is 10.8 Å². The van der Waals surface area contributed by atoms with Crippen molar-refractivity contribution in [2.75, 3.05) is 12.1 Å². The second-order valence-corrected chi connectivity index (χ2v) is 6.39. The molecular weight excluding hydrogens is 381 g/mol. The number of carbonyl (C=O) groups is 2. The first-order valence-electron chi connectivity index (χ1n) is 7.73. The predicted molar refractivity (Wildman–Crippen MR) is 97.8 cm³/mol. The number of nitrogens with one attached hydrogen (secondary N) is 1. The van der Waals surface area contributed by atoms with Gasteiger partial charge in [0.15, 0.2) is 23.4 Å². The summed E-state index contributed by atoms with van der Waals surface area (Å²) in [6, 6.07) is 7.99. The molecule has 0 saturated carbocycles. The Morgan fingerprint density at radius 3 is 2.58 bits per heavy atom. The van der Waals surface area contributed by atoms with Gasteiger partial charge < -0.3 is 19.5 Å². The number of ether oxygens (including phenoxy) is 3. The Balaban J connectivity index is 1.79. The molecule has 3 rings (SSSR count). The number of ketones is 1. The maximum Gasteiger partial charge on any atom is 0.265 e. The molecule has 0 radical (unpaired) electrons. The molecule has 136 valence electrons. The average molecular weight is 396 g/mol. The number of carbonyl (C=O) groups excluding carboxylic acids is 2. The number of benzene rings is 2. The molecule has 1 aliphatic heterocycles. The summed E-state index contributed by atoms with van der Waals surface area (Å²) < 4.78 is 16.1. The van der Waals surface area contributed by atoms with Gasteiger partial charge in [-0.15, -0.1) is 0 Å². The number of amides is 1. The van der Waals surface area contributed by atoms with Crippen LogP contribution in [-0.2, 0) is 4.79 Å². The van der Waals surface area contributed by atoms with Crippen molar-refractivity contribution in [2.45, 2.75) is 20.0 Å². The number of fused-ring (bicyclic) bond motifs is 1. The quantitative estimate of drug-likeness (QED) is 0.762. The van der Waals surface area contributed by atoms with Crippen LogP contribution in [0.5, 0.6) is 17.2 Å². The zero-order chi connectivity index (χ0) is 18.8.